The zero-order valence-electron chi connectivity index (χ0n) is 22.6. The number of fused-ring (bicyclic) bond motifs is 1. The van der Waals surface area contributed by atoms with Crippen LogP contribution in [0.5, 0.6) is 5.75 Å². The Morgan fingerprint density at radius 2 is 1.72 bits per heavy atom. The van der Waals surface area contributed by atoms with E-state index < -0.39 is 17.5 Å². The Morgan fingerprint density at radius 3 is 2.44 bits per heavy atom. The molecule has 4 aromatic rings. The molecular weight excluding hydrogens is 510 g/mol. The lowest BCUT2D eigenvalue weighted by Gasteiger charge is -2.35. The zero-order valence-corrected chi connectivity index (χ0v) is 23.4. The number of carbonyl (C=O) groups is 3. The first-order chi connectivity index (χ1) is 18.7. The number of hydrogen-bond acceptors (Lipinski definition) is 5. The largest absolute Gasteiger partial charge is 0.497 e. The molecule has 39 heavy (non-hydrogen) atoms. The fourth-order valence-electron chi connectivity index (χ4n) is 4.29. The molecule has 202 valence electrons. The highest BCUT2D eigenvalue weighted by Crippen LogP contribution is 2.35. The second-order valence-electron chi connectivity index (χ2n) is 9.83. The number of anilines is 1. The van der Waals surface area contributed by atoms with E-state index in [4.69, 9.17) is 4.74 Å². The van der Waals surface area contributed by atoms with E-state index in [1.165, 1.54) is 16.2 Å². The number of ether oxygens (including phenoxy) is 1. The normalized spacial score (nSPS) is 12.0. The summed E-state index contributed by atoms with van der Waals surface area (Å²) in [6.45, 7) is 5.59. The lowest BCUT2D eigenvalue weighted by Crippen LogP contribution is -2.52. The molecule has 0 saturated carbocycles. The molecule has 0 bridgehead atoms. The maximum atomic E-state index is 14.1. The van der Waals surface area contributed by atoms with Gasteiger partial charge in [0.1, 0.15) is 11.8 Å². The summed E-state index contributed by atoms with van der Waals surface area (Å²) in [5, 5.41) is 9.40. The van der Waals surface area contributed by atoms with Crippen molar-refractivity contribution in [3.05, 3.63) is 94.7 Å². The maximum Gasteiger partial charge on any atom is 0.261 e. The van der Waals surface area contributed by atoms with Gasteiger partial charge >= 0.3 is 0 Å². The number of amides is 3. The van der Waals surface area contributed by atoms with Crippen LogP contribution in [0.3, 0.4) is 0 Å². The summed E-state index contributed by atoms with van der Waals surface area (Å²) in [4.78, 5) is 42.8. The summed E-state index contributed by atoms with van der Waals surface area (Å²) in [6, 6.07) is 23.0. The number of thiophene rings is 1. The minimum Gasteiger partial charge on any atom is -0.497 e. The standard InChI is InChI=1S/C31H33N3O4S/c1-5-31(2,3)33-30(37)28(22-13-8-14-23(19-22)38-4)34(25-16-9-12-21-11-6-7-15-24(21)25)27(35)20-32-29(36)26-17-10-18-39-26/h6-19,28H,5,20H2,1-4H3,(H,32,36)(H,33,37). The minimum absolute atomic E-state index is 0.287. The molecule has 0 aliphatic rings. The molecule has 7 nitrogen and oxygen atoms in total. The van der Waals surface area contributed by atoms with Crippen LogP contribution >= 0.6 is 11.3 Å². The smallest absolute Gasteiger partial charge is 0.261 e. The number of nitrogens with one attached hydrogen (secondary N) is 2. The second-order valence-corrected chi connectivity index (χ2v) is 10.8. The van der Waals surface area contributed by atoms with Crippen molar-refractivity contribution in [2.75, 3.05) is 18.6 Å². The minimum atomic E-state index is -1.03. The Hall–Kier alpha value is -4.17. The summed E-state index contributed by atoms with van der Waals surface area (Å²) >= 11 is 1.30. The van der Waals surface area contributed by atoms with Crippen molar-refractivity contribution >= 4 is 45.5 Å². The predicted molar refractivity (Wildman–Crippen MR) is 156 cm³/mol. The molecule has 3 aromatic carbocycles. The molecular formula is C31H33N3O4S. The summed E-state index contributed by atoms with van der Waals surface area (Å²) in [5.41, 5.74) is 0.653. The highest BCUT2D eigenvalue weighted by atomic mass is 32.1. The summed E-state index contributed by atoms with van der Waals surface area (Å²) in [5.74, 6) is -0.531. The Balaban J connectivity index is 1.84. The molecule has 0 aliphatic heterocycles. The number of methoxy groups -OCH3 is 1. The van der Waals surface area contributed by atoms with Crippen LogP contribution in [-0.4, -0.2) is 36.9 Å². The van der Waals surface area contributed by atoms with Crippen molar-refractivity contribution in [1.29, 1.82) is 0 Å². The topological polar surface area (TPSA) is 87.7 Å². The van der Waals surface area contributed by atoms with Gasteiger partial charge in [-0.2, -0.15) is 0 Å². The summed E-state index contributed by atoms with van der Waals surface area (Å²) in [6.07, 6.45) is 0.697. The van der Waals surface area contributed by atoms with Crippen molar-refractivity contribution in [2.24, 2.45) is 0 Å². The Labute approximate surface area is 232 Å². The SMILES string of the molecule is CCC(C)(C)NC(=O)C(c1cccc(OC)c1)N(C(=O)CNC(=O)c1cccs1)c1cccc2ccccc12. The van der Waals surface area contributed by atoms with Crippen molar-refractivity contribution in [1.82, 2.24) is 10.6 Å². The van der Waals surface area contributed by atoms with Crippen LogP contribution in [0.15, 0.2) is 84.2 Å². The molecule has 8 heteroatoms. The van der Waals surface area contributed by atoms with Gasteiger partial charge < -0.3 is 15.4 Å². The molecule has 0 aliphatic carbocycles. The van der Waals surface area contributed by atoms with E-state index in [-0.39, 0.29) is 18.4 Å². The van der Waals surface area contributed by atoms with Crippen LogP contribution in [0.2, 0.25) is 0 Å². The quantitative estimate of drug-likeness (QED) is 0.268. The summed E-state index contributed by atoms with van der Waals surface area (Å²) < 4.78 is 5.45. The van der Waals surface area contributed by atoms with Gasteiger partial charge in [0.05, 0.1) is 24.2 Å². The molecule has 1 atom stereocenters. The van der Waals surface area contributed by atoms with E-state index in [1.54, 1.807) is 48.9 Å². The van der Waals surface area contributed by atoms with Gasteiger partial charge in [-0.25, -0.2) is 0 Å². The highest BCUT2D eigenvalue weighted by Gasteiger charge is 2.36. The first-order valence-corrected chi connectivity index (χ1v) is 13.7. The van der Waals surface area contributed by atoms with Gasteiger partial charge in [-0.3, -0.25) is 19.3 Å². The molecule has 1 aromatic heterocycles. The molecule has 0 saturated heterocycles. The van der Waals surface area contributed by atoms with E-state index in [0.29, 0.717) is 28.3 Å². The molecule has 0 fully saturated rings. The first-order valence-electron chi connectivity index (χ1n) is 12.8. The van der Waals surface area contributed by atoms with Crippen LogP contribution in [-0.2, 0) is 9.59 Å². The Bertz CT molecular complexity index is 1460. The van der Waals surface area contributed by atoms with Gasteiger partial charge in [-0.15, -0.1) is 11.3 Å². The zero-order chi connectivity index (χ0) is 28.0. The van der Waals surface area contributed by atoms with E-state index in [2.05, 4.69) is 10.6 Å². The van der Waals surface area contributed by atoms with E-state index >= 15 is 0 Å². The average Bonchev–Trinajstić information content (AvgIpc) is 3.49. The van der Waals surface area contributed by atoms with Crippen molar-refractivity contribution in [3.8, 4) is 5.75 Å². The predicted octanol–water partition coefficient (Wildman–Crippen LogP) is 5.72. The number of hydrogen-bond donors (Lipinski definition) is 2. The lowest BCUT2D eigenvalue weighted by atomic mass is 9.97. The molecule has 1 unspecified atom stereocenters. The Morgan fingerprint density at radius 1 is 0.974 bits per heavy atom. The Kier molecular flexibility index (Phi) is 8.66. The van der Waals surface area contributed by atoms with Crippen molar-refractivity contribution in [3.63, 3.8) is 0 Å². The first kappa shape index (κ1) is 27.9. The molecule has 4 rings (SSSR count). The van der Waals surface area contributed by atoms with Crippen LogP contribution in [0.25, 0.3) is 10.8 Å². The molecule has 0 radical (unpaired) electrons. The van der Waals surface area contributed by atoms with Gasteiger partial charge in [0, 0.05) is 10.9 Å². The van der Waals surface area contributed by atoms with Crippen LogP contribution in [0.1, 0.15) is 48.5 Å². The van der Waals surface area contributed by atoms with Gasteiger partial charge in [-0.05, 0) is 60.9 Å². The lowest BCUT2D eigenvalue weighted by molar-refractivity contribution is -0.127. The third kappa shape index (κ3) is 6.46. The third-order valence-electron chi connectivity index (χ3n) is 6.70. The second kappa shape index (κ2) is 12.1. The van der Waals surface area contributed by atoms with Crippen LogP contribution in [0.4, 0.5) is 5.69 Å². The van der Waals surface area contributed by atoms with E-state index in [9.17, 15) is 14.4 Å². The van der Waals surface area contributed by atoms with Gasteiger partial charge in [0.2, 0.25) is 11.8 Å². The van der Waals surface area contributed by atoms with E-state index in [1.807, 2.05) is 63.2 Å². The monoisotopic (exact) mass is 543 g/mol. The molecule has 0 spiro atoms. The maximum absolute atomic E-state index is 14.1. The fraction of sp³-hybridized carbons (Fsp3) is 0.258. The third-order valence-corrected chi connectivity index (χ3v) is 7.57. The highest BCUT2D eigenvalue weighted by molar-refractivity contribution is 7.12. The molecule has 1 heterocycles. The van der Waals surface area contributed by atoms with Crippen molar-refractivity contribution in [2.45, 2.75) is 38.8 Å². The molecule has 2 N–H and O–H groups in total. The number of rotatable bonds is 10. The molecule has 3 amide bonds. The summed E-state index contributed by atoms with van der Waals surface area (Å²) in [7, 11) is 1.56. The van der Waals surface area contributed by atoms with Crippen LogP contribution in [0, 0.1) is 0 Å². The number of benzene rings is 3. The average molecular weight is 544 g/mol. The number of carbonyl (C=O) groups excluding carboxylic acids is 3. The van der Waals surface area contributed by atoms with Gasteiger partial charge in [-0.1, -0.05) is 61.5 Å². The van der Waals surface area contributed by atoms with Gasteiger partial charge in [0.15, 0.2) is 0 Å². The number of nitrogens with zero attached hydrogens (tertiary/aromatic N) is 1. The van der Waals surface area contributed by atoms with Gasteiger partial charge in [0.25, 0.3) is 5.91 Å². The van der Waals surface area contributed by atoms with E-state index in [0.717, 1.165) is 10.8 Å². The fourth-order valence-corrected chi connectivity index (χ4v) is 4.93. The van der Waals surface area contributed by atoms with Crippen molar-refractivity contribution < 1.29 is 19.1 Å². The van der Waals surface area contributed by atoms with Crippen LogP contribution < -0.4 is 20.3 Å².